The van der Waals surface area contributed by atoms with Crippen LogP contribution in [0, 0.1) is 0 Å². The maximum absolute atomic E-state index is 2.39. The molecule has 0 radical (unpaired) electrons. The van der Waals surface area contributed by atoms with Gasteiger partial charge in [-0.15, -0.1) is 0 Å². The van der Waals surface area contributed by atoms with E-state index in [2.05, 4.69) is 334 Å². The van der Waals surface area contributed by atoms with Crippen LogP contribution < -0.4 is 4.90 Å². The fourth-order valence-electron chi connectivity index (χ4n) is 12.7. The largest absolute Gasteiger partial charge is 0.311 e. The van der Waals surface area contributed by atoms with Gasteiger partial charge in [0.05, 0.1) is 33.1 Å². The van der Waals surface area contributed by atoms with E-state index in [4.69, 9.17) is 0 Å². The molecule has 0 saturated carbocycles. The molecule has 16 aromatic rings. The normalized spacial score (nSPS) is 11.7. The number of benzene rings is 13. The fourth-order valence-corrected chi connectivity index (χ4v) is 12.7. The second-order valence-electron chi connectivity index (χ2n) is 21.3. The molecule has 3 aromatic heterocycles. The highest BCUT2D eigenvalue weighted by atomic mass is 15.1. The average Bonchev–Trinajstić information content (AvgIpc) is 4.06. The Morgan fingerprint density at radius 3 is 0.817 bits per heavy atom. The highest BCUT2D eigenvalue weighted by Crippen LogP contribution is 2.42. The molecule has 0 spiro atoms. The molecule has 0 N–H and O–H groups in total. The number of hydrogen-bond donors (Lipinski definition) is 0. The van der Waals surface area contributed by atoms with Gasteiger partial charge < -0.3 is 18.6 Å². The van der Waals surface area contributed by atoms with Crippen LogP contribution in [0.25, 0.3) is 127 Å². The van der Waals surface area contributed by atoms with Gasteiger partial charge in [-0.25, -0.2) is 0 Å². The summed E-state index contributed by atoms with van der Waals surface area (Å²) in [5.74, 6) is 0. The molecule has 0 fully saturated rings. The average molecular weight is 1050 g/mol. The van der Waals surface area contributed by atoms with Crippen LogP contribution in [0.5, 0.6) is 0 Å². The number of fused-ring (bicyclic) bond motifs is 9. The van der Waals surface area contributed by atoms with Crippen LogP contribution in [0.4, 0.5) is 17.1 Å². The van der Waals surface area contributed by atoms with Gasteiger partial charge in [0.2, 0.25) is 0 Å². The monoisotopic (exact) mass is 1040 g/mol. The highest BCUT2D eigenvalue weighted by Gasteiger charge is 2.19. The van der Waals surface area contributed by atoms with Crippen molar-refractivity contribution >= 4 is 82.5 Å². The topological polar surface area (TPSA) is 18.0 Å². The molecule has 0 bridgehead atoms. The van der Waals surface area contributed by atoms with Gasteiger partial charge in [-0.05, 0) is 166 Å². The van der Waals surface area contributed by atoms with Crippen LogP contribution in [0.3, 0.4) is 0 Å². The van der Waals surface area contributed by atoms with E-state index in [1.807, 2.05) is 0 Å². The Hall–Kier alpha value is -10.9. The van der Waals surface area contributed by atoms with Crippen LogP contribution in [-0.4, -0.2) is 13.7 Å². The first-order chi connectivity index (χ1) is 40.7. The number of anilines is 3. The third-order valence-electron chi connectivity index (χ3n) is 16.7. The lowest BCUT2D eigenvalue weighted by molar-refractivity contribution is 1.18. The number of nitrogens with zero attached hydrogens (tertiary/aromatic N) is 4. The molecule has 384 valence electrons. The van der Waals surface area contributed by atoms with E-state index in [9.17, 15) is 0 Å². The second-order valence-corrected chi connectivity index (χ2v) is 21.3. The molecule has 4 heteroatoms. The standard InChI is InChI=1S/C78H52N4/c1-4-16-61(17-5-1)80-74-26-14-11-23-68(74)71-50-58(39-48-76(71)80)55-30-28-53(29-31-55)54-32-41-64(42-33-54)79(65-43-34-56(35-44-65)59-40-49-77-72(51-59)69-24-12-15-27-75(69)81(77)62-18-6-2-7-19-62)66-45-36-57(37-46-66)60-38-47-70-67-22-10-13-25-73(67)82(78(70)52-60)63-20-8-3-9-21-63/h1-52H. The number of hydrogen-bond acceptors (Lipinski definition) is 1. The van der Waals surface area contributed by atoms with Crippen molar-refractivity contribution in [2.24, 2.45) is 0 Å². The molecule has 0 aliphatic rings. The molecule has 3 heterocycles. The number of aromatic nitrogens is 3. The summed E-state index contributed by atoms with van der Waals surface area (Å²) in [6.45, 7) is 0. The third kappa shape index (κ3) is 7.91. The Morgan fingerprint density at radius 2 is 0.427 bits per heavy atom. The predicted octanol–water partition coefficient (Wildman–Crippen LogP) is 21.1. The van der Waals surface area contributed by atoms with Crippen molar-refractivity contribution in [2.45, 2.75) is 0 Å². The quantitative estimate of drug-likeness (QED) is 0.133. The van der Waals surface area contributed by atoms with E-state index >= 15 is 0 Å². The van der Waals surface area contributed by atoms with Crippen molar-refractivity contribution in [1.82, 2.24) is 13.7 Å². The number of rotatable bonds is 10. The Morgan fingerprint density at radius 1 is 0.171 bits per heavy atom. The van der Waals surface area contributed by atoms with E-state index in [1.165, 1.54) is 104 Å². The lowest BCUT2D eigenvalue weighted by atomic mass is 9.98. The molecule has 13 aromatic carbocycles. The molecule has 0 aliphatic heterocycles. The van der Waals surface area contributed by atoms with E-state index in [0.29, 0.717) is 0 Å². The zero-order valence-corrected chi connectivity index (χ0v) is 44.8. The zero-order valence-electron chi connectivity index (χ0n) is 44.8. The van der Waals surface area contributed by atoms with Crippen LogP contribution >= 0.6 is 0 Å². The molecule has 0 atom stereocenters. The summed E-state index contributed by atoms with van der Waals surface area (Å²) in [7, 11) is 0. The first-order valence-electron chi connectivity index (χ1n) is 28.1. The predicted molar refractivity (Wildman–Crippen MR) is 346 cm³/mol. The van der Waals surface area contributed by atoms with Gasteiger partial charge in [-0.3, -0.25) is 0 Å². The lowest BCUT2D eigenvalue weighted by Gasteiger charge is -2.26. The molecule has 82 heavy (non-hydrogen) atoms. The summed E-state index contributed by atoms with van der Waals surface area (Å²) in [5.41, 5.74) is 23.3. The van der Waals surface area contributed by atoms with Gasteiger partial charge in [0.15, 0.2) is 0 Å². The van der Waals surface area contributed by atoms with Gasteiger partial charge >= 0.3 is 0 Å². The summed E-state index contributed by atoms with van der Waals surface area (Å²) in [6.07, 6.45) is 0. The fraction of sp³-hybridized carbons (Fsp3) is 0. The lowest BCUT2D eigenvalue weighted by Crippen LogP contribution is -2.09. The Bertz CT molecular complexity index is 5030. The minimum absolute atomic E-state index is 1.08. The molecular formula is C78H52N4. The van der Waals surface area contributed by atoms with Gasteiger partial charge in [0.1, 0.15) is 0 Å². The van der Waals surface area contributed by atoms with Crippen LogP contribution in [0.2, 0.25) is 0 Å². The van der Waals surface area contributed by atoms with Crippen molar-refractivity contribution in [2.75, 3.05) is 4.90 Å². The van der Waals surface area contributed by atoms with Crippen molar-refractivity contribution < 1.29 is 0 Å². The maximum Gasteiger partial charge on any atom is 0.0547 e. The minimum Gasteiger partial charge on any atom is -0.311 e. The van der Waals surface area contributed by atoms with Gasteiger partial charge in [0.25, 0.3) is 0 Å². The van der Waals surface area contributed by atoms with Crippen LogP contribution in [-0.2, 0) is 0 Å². The Balaban J connectivity index is 0.747. The van der Waals surface area contributed by atoms with Gasteiger partial charge in [-0.1, -0.05) is 194 Å². The zero-order chi connectivity index (χ0) is 54.1. The molecule has 0 unspecified atom stereocenters. The van der Waals surface area contributed by atoms with E-state index < -0.39 is 0 Å². The minimum atomic E-state index is 1.08. The summed E-state index contributed by atoms with van der Waals surface area (Å²) in [6, 6.07) is 115. The van der Waals surface area contributed by atoms with Crippen LogP contribution in [0.1, 0.15) is 0 Å². The smallest absolute Gasteiger partial charge is 0.0547 e. The first kappa shape index (κ1) is 47.1. The number of para-hydroxylation sites is 6. The van der Waals surface area contributed by atoms with E-state index in [1.54, 1.807) is 0 Å². The molecule has 16 rings (SSSR count). The molecule has 0 aliphatic carbocycles. The summed E-state index contributed by atoms with van der Waals surface area (Å²) in [4.78, 5) is 2.37. The highest BCUT2D eigenvalue weighted by molar-refractivity contribution is 6.13. The Kier molecular flexibility index (Phi) is 11.2. The second kappa shape index (κ2) is 19.5. The summed E-state index contributed by atoms with van der Waals surface area (Å²) in [5, 5.41) is 7.48. The van der Waals surface area contributed by atoms with E-state index in [-0.39, 0.29) is 0 Å². The van der Waals surface area contributed by atoms with E-state index in [0.717, 1.165) is 39.6 Å². The SMILES string of the molecule is c1ccc(-n2c3ccccc3c3cc(-c4ccc(-c5ccc(N(c6ccc(-c7ccc8c(c7)c7ccccc7n8-c7ccccc7)cc6)c6ccc(-c7ccc8c9ccccc9n(-c9ccccc9)c8c7)cc6)cc5)cc4)ccc32)cc1. The Labute approximate surface area is 475 Å². The van der Waals surface area contributed by atoms with Crippen molar-refractivity contribution in [3.63, 3.8) is 0 Å². The maximum atomic E-state index is 2.39. The summed E-state index contributed by atoms with van der Waals surface area (Å²) >= 11 is 0. The third-order valence-corrected chi connectivity index (χ3v) is 16.7. The molecule has 0 amide bonds. The first-order valence-corrected chi connectivity index (χ1v) is 28.1. The van der Waals surface area contributed by atoms with Crippen molar-refractivity contribution in [3.05, 3.63) is 315 Å². The van der Waals surface area contributed by atoms with Crippen molar-refractivity contribution in [3.8, 4) is 61.6 Å². The molecule has 0 saturated heterocycles. The molecular weight excluding hydrogens is 993 g/mol. The van der Waals surface area contributed by atoms with Gasteiger partial charge in [0, 0.05) is 66.4 Å². The van der Waals surface area contributed by atoms with Crippen molar-refractivity contribution in [1.29, 1.82) is 0 Å². The van der Waals surface area contributed by atoms with Gasteiger partial charge in [-0.2, -0.15) is 0 Å². The summed E-state index contributed by atoms with van der Waals surface area (Å²) < 4.78 is 7.13. The van der Waals surface area contributed by atoms with Crippen LogP contribution in [0.15, 0.2) is 315 Å². The molecule has 4 nitrogen and oxygen atoms in total.